The third kappa shape index (κ3) is 4.07. The maximum atomic E-state index is 5.95. The first kappa shape index (κ1) is 14.1. The zero-order valence-corrected chi connectivity index (χ0v) is 12.4. The number of benzene rings is 1. The number of hydrogen-bond acceptors (Lipinski definition) is 2. The van der Waals surface area contributed by atoms with Crippen LogP contribution in [-0.2, 0) is 11.3 Å². The predicted molar refractivity (Wildman–Crippen MR) is 82.9 cm³/mol. The summed E-state index contributed by atoms with van der Waals surface area (Å²) in [5.41, 5.74) is 3.04. The van der Waals surface area contributed by atoms with Gasteiger partial charge in [-0.1, -0.05) is 43.5 Å². The summed E-state index contributed by atoms with van der Waals surface area (Å²) in [6.07, 6.45) is 9.93. The van der Waals surface area contributed by atoms with Crippen LogP contribution in [0.3, 0.4) is 0 Å². The number of ether oxygens (including phenoxy) is 1. The van der Waals surface area contributed by atoms with Crippen LogP contribution >= 0.6 is 0 Å². The van der Waals surface area contributed by atoms with Gasteiger partial charge >= 0.3 is 0 Å². The lowest BCUT2D eigenvalue weighted by molar-refractivity contribution is 0.0302. The van der Waals surface area contributed by atoms with E-state index in [1.165, 1.54) is 50.5 Å². The van der Waals surface area contributed by atoms with E-state index in [0.717, 1.165) is 25.6 Å². The van der Waals surface area contributed by atoms with Gasteiger partial charge in [-0.15, -0.1) is 0 Å². The van der Waals surface area contributed by atoms with Crippen LogP contribution in [0.1, 0.15) is 62.0 Å². The van der Waals surface area contributed by atoms with E-state index in [0.29, 0.717) is 6.10 Å². The van der Waals surface area contributed by atoms with Crippen molar-refractivity contribution < 1.29 is 4.74 Å². The molecule has 1 N–H and O–H groups in total. The van der Waals surface area contributed by atoms with E-state index >= 15 is 0 Å². The summed E-state index contributed by atoms with van der Waals surface area (Å²) < 4.78 is 5.95. The summed E-state index contributed by atoms with van der Waals surface area (Å²) in [6, 6.07) is 8.89. The maximum absolute atomic E-state index is 5.95. The lowest BCUT2D eigenvalue weighted by Crippen LogP contribution is -2.24. The average molecular weight is 273 g/mol. The Morgan fingerprint density at radius 2 is 1.80 bits per heavy atom. The second-order valence-corrected chi connectivity index (χ2v) is 6.28. The summed E-state index contributed by atoms with van der Waals surface area (Å²) >= 11 is 0. The first-order valence-electron chi connectivity index (χ1n) is 8.33. The Labute approximate surface area is 122 Å². The molecule has 0 radical (unpaired) electrons. The molecule has 0 spiro atoms. The Hall–Kier alpha value is -0.860. The third-order valence-electron chi connectivity index (χ3n) is 4.57. The largest absolute Gasteiger partial charge is 0.377 e. The molecule has 1 aromatic rings. The molecule has 0 heterocycles. The van der Waals surface area contributed by atoms with Crippen LogP contribution in [0.2, 0.25) is 0 Å². The smallest absolute Gasteiger partial charge is 0.0594 e. The van der Waals surface area contributed by atoms with E-state index in [-0.39, 0.29) is 0 Å². The van der Waals surface area contributed by atoms with E-state index in [9.17, 15) is 0 Å². The van der Waals surface area contributed by atoms with Crippen molar-refractivity contribution >= 4 is 0 Å². The molecule has 0 aliphatic heterocycles. The standard InChI is InChI=1S/C18H27NO/c1-2-7-17(8-3-1)20-13-12-19-14-16-6-4-5-9-18(16)15-10-11-15/h4-6,9,15,17,19H,1-3,7-8,10-14H2. The molecule has 0 unspecified atom stereocenters. The van der Waals surface area contributed by atoms with E-state index in [4.69, 9.17) is 4.74 Å². The van der Waals surface area contributed by atoms with Crippen LogP contribution in [0, 0.1) is 0 Å². The number of nitrogens with one attached hydrogen (secondary N) is 1. The average Bonchev–Trinajstić information content (AvgIpc) is 3.33. The Morgan fingerprint density at radius 1 is 1.00 bits per heavy atom. The minimum Gasteiger partial charge on any atom is -0.377 e. The molecule has 2 aliphatic carbocycles. The van der Waals surface area contributed by atoms with Crippen LogP contribution in [0.5, 0.6) is 0 Å². The van der Waals surface area contributed by atoms with Gasteiger partial charge in [0.15, 0.2) is 0 Å². The van der Waals surface area contributed by atoms with Gasteiger partial charge in [0, 0.05) is 13.1 Å². The topological polar surface area (TPSA) is 21.3 Å². The summed E-state index contributed by atoms with van der Waals surface area (Å²) in [7, 11) is 0. The molecule has 2 saturated carbocycles. The zero-order chi connectivity index (χ0) is 13.6. The van der Waals surface area contributed by atoms with Crippen LogP contribution in [-0.4, -0.2) is 19.3 Å². The van der Waals surface area contributed by atoms with Crippen molar-refractivity contribution in [2.24, 2.45) is 0 Å². The first-order valence-corrected chi connectivity index (χ1v) is 8.33. The van der Waals surface area contributed by atoms with Gasteiger partial charge in [0.25, 0.3) is 0 Å². The molecule has 2 fully saturated rings. The van der Waals surface area contributed by atoms with Crippen LogP contribution in [0.15, 0.2) is 24.3 Å². The highest BCUT2D eigenvalue weighted by atomic mass is 16.5. The van der Waals surface area contributed by atoms with Gasteiger partial charge in [-0.3, -0.25) is 0 Å². The van der Waals surface area contributed by atoms with Crippen molar-refractivity contribution in [1.29, 1.82) is 0 Å². The van der Waals surface area contributed by atoms with Crippen molar-refractivity contribution in [2.75, 3.05) is 13.2 Å². The van der Waals surface area contributed by atoms with E-state index < -0.39 is 0 Å². The van der Waals surface area contributed by atoms with E-state index in [1.54, 1.807) is 5.56 Å². The molecule has 0 bridgehead atoms. The summed E-state index contributed by atoms with van der Waals surface area (Å²) in [5, 5.41) is 3.54. The van der Waals surface area contributed by atoms with E-state index in [2.05, 4.69) is 29.6 Å². The highest BCUT2D eigenvalue weighted by Gasteiger charge is 2.25. The number of rotatable bonds is 7. The molecule has 110 valence electrons. The lowest BCUT2D eigenvalue weighted by Gasteiger charge is -2.22. The fraction of sp³-hybridized carbons (Fsp3) is 0.667. The molecule has 20 heavy (non-hydrogen) atoms. The highest BCUT2D eigenvalue weighted by molar-refractivity contribution is 5.33. The van der Waals surface area contributed by atoms with Crippen molar-refractivity contribution in [2.45, 2.75) is 63.5 Å². The van der Waals surface area contributed by atoms with Gasteiger partial charge in [-0.25, -0.2) is 0 Å². The second-order valence-electron chi connectivity index (χ2n) is 6.28. The molecular formula is C18H27NO. The third-order valence-corrected chi connectivity index (χ3v) is 4.57. The second kappa shape index (κ2) is 7.24. The van der Waals surface area contributed by atoms with E-state index in [1.807, 2.05) is 0 Å². The molecule has 3 rings (SSSR count). The fourth-order valence-corrected chi connectivity index (χ4v) is 3.24. The van der Waals surface area contributed by atoms with Crippen LogP contribution < -0.4 is 5.32 Å². The summed E-state index contributed by atoms with van der Waals surface area (Å²) in [5.74, 6) is 0.839. The van der Waals surface area contributed by atoms with Gasteiger partial charge < -0.3 is 10.1 Å². The Morgan fingerprint density at radius 3 is 2.60 bits per heavy atom. The molecule has 2 nitrogen and oxygen atoms in total. The molecule has 1 aromatic carbocycles. The maximum Gasteiger partial charge on any atom is 0.0594 e. The highest BCUT2D eigenvalue weighted by Crippen LogP contribution is 2.41. The normalized spacial score (nSPS) is 20.2. The summed E-state index contributed by atoms with van der Waals surface area (Å²) in [6.45, 7) is 2.81. The monoisotopic (exact) mass is 273 g/mol. The Kier molecular flexibility index (Phi) is 5.10. The van der Waals surface area contributed by atoms with Crippen molar-refractivity contribution in [1.82, 2.24) is 5.32 Å². The molecular weight excluding hydrogens is 246 g/mol. The van der Waals surface area contributed by atoms with Crippen molar-refractivity contribution in [3.8, 4) is 0 Å². The molecule has 0 atom stereocenters. The zero-order valence-electron chi connectivity index (χ0n) is 12.4. The number of hydrogen-bond donors (Lipinski definition) is 1. The van der Waals surface area contributed by atoms with Gasteiger partial charge in [0.05, 0.1) is 12.7 Å². The minimum absolute atomic E-state index is 0.532. The van der Waals surface area contributed by atoms with Gasteiger partial charge in [0.2, 0.25) is 0 Å². The fourth-order valence-electron chi connectivity index (χ4n) is 3.24. The van der Waals surface area contributed by atoms with Crippen molar-refractivity contribution in [3.63, 3.8) is 0 Å². The quantitative estimate of drug-likeness (QED) is 0.758. The summed E-state index contributed by atoms with van der Waals surface area (Å²) in [4.78, 5) is 0. The Balaban J connectivity index is 1.35. The lowest BCUT2D eigenvalue weighted by atomic mass is 9.98. The predicted octanol–water partition coefficient (Wildman–Crippen LogP) is 4.00. The van der Waals surface area contributed by atoms with Gasteiger partial charge in [0.1, 0.15) is 0 Å². The van der Waals surface area contributed by atoms with Gasteiger partial charge in [-0.2, -0.15) is 0 Å². The van der Waals surface area contributed by atoms with Gasteiger partial charge in [-0.05, 0) is 42.7 Å². The molecule has 0 saturated heterocycles. The first-order chi connectivity index (χ1) is 9.93. The SMILES string of the molecule is c1ccc(C2CC2)c(CNCCOC2CCCCC2)c1. The molecule has 2 heteroatoms. The molecule has 0 amide bonds. The minimum atomic E-state index is 0.532. The van der Waals surface area contributed by atoms with Crippen LogP contribution in [0.25, 0.3) is 0 Å². The molecule has 2 aliphatic rings. The van der Waals surface area contributed by atoms with Crippen LogP contribution in [0.4, 0.5) is 0 Å². The van der Waals surface area contributed by atoms with Crippen molar-refractivity contribution in [3.05, 3.63) is 35.4 Å². The molecule has 0 aromatic heterocycles. The Bertz CT molecular complexity index is 408.